The first-order valence-corrected chi connectivity index (χ1v) is 6.75. The Morgan fingerprint density at radius 1 is 1.28 bits per heavy atom. The third kappa shape index (κ3) is 1.84. The molecule has 3 nitrogen and oxygen atoms in total. The molecule has 102 valence electrons. The van der Waals surface area contributed by atoms with Gasteiger partial charge in [-0.15, -0.1) is 0 Å². The fourth-order valence-corrected chi connectivity index (χ4v) is 3.83. The molecule has 0 heterocycles. The van der Waals surface area contributed by atoms with Crippen LogP contribution in [0.4, 0.5) is 0 Å². The van der Waals surface area contributed by atoms with E-state index in [0.29, 0.717) is 12.8 Å². The number of hydrogen-bond donors (Lipinski definition) is 2. The van der Waals surface area contributed by atoms with Crippen LogP contribution in [-0.2, 0) is 4.79 Å². The summed E-state index contributed by atoms with van der Waals surface area (Å²) >= 11 is 0. The van der Waals surface area contributed by atoms with Crippen LogP contribution in [0.5, 0.6) is 0 Å². The van der Waals surface area contributed by atoms with Gasteiger partial charge < -0.3 is 10.2 Å². The number of rotatable bonds is 1. The number of Topliss-reactive ketones (excluding diaryl/α,β-unsaturated/α-hetero) is 1. The zero-order valence-electron chi connectivity index (χ0n) is 11.7. The minimum atomic E-state index is -1.09. The molecule has 0 unspecified atom stereocenters. The van der Waals surface area contributed by atoms with Crippen molar-refractivity contribution < 1.29 is 15.0 Å². The molecule has 0 bridgehead atoms. The molecule has 0 aromatic rings. The predicted molar refractivity (Wildman–Crippen MR) is 70.0 cm³/mol. The molecule has 0 aromatic carbocycles. The van der Waals surface area contributed by atoms with E-state index < -0.39 is 16.6 Å². The normalized spacial score (nSPS) is 51.9. The molecule has 2 aliphatic rings. The quantitative estimate of drug-likeness (QED) is 0.702. The number of carbonyl (C=O) groups is 1. The van der Waals surface area contributed by atoms with E-state index in [9.17, 15) is 15.0 Å². The molecule has 0 saturated heterocycles. The van der Waals surface area contributed by atoms with Crippen LogP contribution >= 0.6 is 0 Å². The number of carbonyl (C=O) groups excluding carboxylic acids is 1. The molecule has 2 aliphatic carbocycles. The van der Waals surface area contributed by atoms with Crippen LogP contribution in [0.2, 0.25) is 0 Å². The van der Waals surface area contributed by atoms with Crippen molar-refractivity contribution >= 4 is 5.78 Å². The van der Waals surface area contributed by atoms with E-state index in [1.807, 2.05) is 19.9 Å². The van der Waals surface area contributed by atoms with E-state index in [0.717, 1.165) is 6.42 Å². The Morgan fingerprint density at radius 2 is 1.89 bits per heavy atom. The Morgan fingerprint density at radius 3 is 2.44 bits per heavy atom. The van der Waals surface area contributed by atoms with Crippen LogP contribution in [0.1, 0.15) is 47.0 Å². The summed E-state index contributed by atoms with van der Waals surface area (Å²) < 4.78 is 0. The highest BCUT2D eigenvalue weighted by Gasteiger charge is 2.57. The molecule has 0 aliphatic heterocycles. The Labute approximate surface area is 109 Å². The van der Waals surface area contributed by atoms with E-state index in [4.69, 9.17) is 0 Å². The van der Waals surface area contributed by atoms with Gasteiger partial charge in [0.25, 0.3) is 0 Å². The number of ketones is 1. The molecule has 0 spiro atoms. The molecule has 2 rings (SSSR count). The second-order valence-corrected chi connectivity index (χ2v) is 6.78. The molecule has 3 heteroatoms. The van der Waals surface area contributed by atoms with Gasteiger partial charge in [-0.3, -0.25) is 4.79 Å². The predicted octanol–water partition coefficient (Wildman–Crippen LogP) is 2.07. The van der Waals surface area contributed by atoms with Gasteiger partial charge in [0.2, 0.25) is 0 Å². The van der Waals surface area contributed by atoms with Crippen molar-refractivity contribution in [2.24, 2.45) is 17.3 Å². The van der Waals surface area contributed by atoms with Gasteiger partial charge in [0.05, 0.1) is 16.6 Å². The minimum Gasteiger partial charge on any atom is -0.390 e. The maximum atomic E-state index is 12.1. The van der Waals surface area contributed by atoms with Gasteiger partial charge in [-0.1, -0.05) is 12.2 Å². The highest BCUT2D eigenvalue weighted by Crippen LogP contribution is 2.54. The van der Waals surface area contributed by atoms with Crippen molar-refractivity contribution in [3.05, 3.63) is 12.2 Å². The van der Waals surface area contributed by atoms with Gasteiger partial charge in [-0.25, -0.2) is 0 Å². The van der Waals surface area contributed by atoms with E-state index in [-0.39, 0.29) is 17.6 Å². The summed E-state index contributed by atoms with van der Waals surface area (Å²) in [7, 11) is 0. The van der Waals surface area contributed by atoms with Crippen molar-refractivity contribution in [3.8, 4) is 0 Å². The SMILES string of the molecule is CC(=O)[C@]1(C)[C@H]2CC[C@@](C)(O)C[C@@H]2C=C[C@@]1(C)O. The van der Waals surface area contributed by atoms with Crippen LogP contribution < -0.4 is 0 Å². The standard InChI is InChI=1S/C15H24O3/c1-10(16)15(4)12-6-7-13(2,17)9-11(12)5-8-14(15,3)18/h5,8,11-12,17-18H,6-7,9H2,1-4H3/t11-,12-,13+,14+,15+/m0/s1. The van der Waals surface area contributed by atoms with Crippen molar-refractivity contribution in [3.63, 3.8) is 0 Å². The Bertz CT molecular complexity index is 395. The van der Waals surface area contributed by atoms with Gasteiger partial charge in [0.15, 0.2) is 0 Å². The van der Waals surface area contributed by atoms with Crippen molar-refractivity contribution in [2.75, 3.05) is 0 Å². The molecular formula is C15H24O3. The zero-order chi connectivity index (χ0) is 13.8. The highest BCUT2D eigenvalue weighted by atomic mass is 16.3. The smallest absolute Gasteiger partial charge is 0.139 e. The van der Waals surface area contributed by atoms with E-state index in [1.165, 1.54) is 0 Å². The van der Waals surface area contributed by atoms with Gasteiger partial charge in [-0.2, -0.15) is 0 Å². The summed E-state index contributed by atoms with van der Waals surface area (Å²) in [4.78, 5) is 12.1. The molecule has 1 fully saturated rings. The largest absolute Gasteiger partial charge is 0.390 e. The molecule has 1 saturated carbocycles. The lowest BCUT2D eigenvalue weighted by Gasteiger charge is -2.54. The Hall–Kier alpha value is -0.670. The number of hydrogen-bond acceptors (Lipinski definition) is 3. The highest BCUT2D eigenvalue weighted by molar-refractivity contribution is 5.84. The first kappa shape index (κ1) is 13.8. The molecule has 0 amide bonds. The molecule has 0 aromatic heterocycles. The third-order valence-corrected chi connectivity index (χ3v) is 5.38. The second kappa shape index (κ2) is 3.91. The average Bonchev–Trinajstić information content (AvgIpc) is 2.22. The number of allylic oxidation sites excluding steroid dienone is 1. The van der Waals surface area contributed by atoms with Gasteiger partial charge in [0.1, 0.15) is 5.78 Å². The van der Waals surface area contributed by atoms with Gasteiger partial charge in [-0.05, 0) is 58.8 Å². The Balaban J connectivity index is 2.42. The molecule has 0 radical (unpaired) electrons. The van der Waals surface area contributed by atoms with Gasteiger partial charge in [0, 0.05) is 0 Å². The first-order chi connectivity index (χ1) is 8.10. The lowest BCUT2D eigenvalue weighted by atomic mass is 9.52. The first-order valence-electron chi connectivity index (χ1n) is 6.75. The lowest BCUT2D eigenvalue weighted by molar-refractivity contribution is -0.155. The summed E-state index contributed by atoms with van der Waals surface area (Å²) in [5, 5.41) is 20.7. The van der Waals surface area contributed by atoms with E-state index in [1.54, 1.807) is 19.9 Å². The summed E-state index contributed by atoms with van der Waals surface area (Å²) in [5.41, 5.74) is -2.49. The van der Waals surface area contributed by atoms with Gasteiger partial charge >= 0.3 is 0 Å². The zero-order valence-corrected chi connectivity index (χ0v) is 11.7. The monoisotopic (exact) mass is 252 g/mol. The molecule has 5 atom stereocenters. The van der Waals surface area contributed by atoms with Crippen LogP contribution in [0.25, 0.3) is 0 Å². The van der Waals surface area contributed by atoms with Crippen LogP contribution in [0.15, 0.2) is 12.2 Å². The van der Waals surface area contributed by atoms with E-state index in [2.05, 4.69) is 0 Å². The summed E-state index contributed by atoms with van der Waals surface area (Å²) in [6.07, 6.45) is 5.89. The number of fused-ring (bicyclic) bond motifs is 1. The van der Waals surface area contributed by atoms with Crippen molar-refractivity contribution in [2.45, 2.75) is 58.2 Å². The van der Waals surface area contributed by atoms with E-state index >= 15 is 0 Å². The van der Waals surface area contributed by atoms with Crippen molar-refractivity contribution in [1.82, 2.24) is 0 Å². The second-order valence-electron chi connectivity index (χ2n) is 6.78. The summed E-state index contributed by atoms with van der Waals surface area (Å²) in [5.74, 6) is 0.339. The van der Waals surface area contributed by atoms with Crippen LogP contribution in [-0.4, -0.2) is 27.2 Å². The molecular weight excluding hydrogens is 228 g/mol. The fourth-order valence-electron chi connectivity index (χ4n) is 3.83. The summed E-state index contributed by atoms with van der Waals surface area (Å²) in [6, 6.07) is 0. The minimum absolute atomic E-state index is 0.0355. The fraction of sp³-hybridized carbons (Fsp3) is 0.800. The maximum Gasteiger partial charge on any atom is 0.139 e. The lowest BCUT2D eigenvalue weighted by Crippen LogP contribution is -2.58. The third-order valence-electron chi connectivity index (χ3n) is 5.38. The molecule has 2 N–H and O–H groups in total. The average molecular weight is 252 g/mol. The summed E-state index contributed by atoms with van der Waals surface area (Å²) in [6.45, 7) is 7.01. The number of aliphatic hydroxyl groups is 2. The topological polar surface area (TPSA) is 57.5 Å². The van der Waals surface area contributed by atoms with Crippen LogP contribution in [0.3, 0.4) is 0 Å². The maximum absolute atomic E-state index is 12.1. The van der Waals surface area contributed by atoms with Crippen LogP contribution in [0, 0.1) is 17.3 Å². The molecule has 18 heavy (non-hydrogen) atoms. The van der Waals surface area contributed by atoms with Crippen molar-refractivity contribution in [1.29, 1.82) is 0 Å². The Kier molecular flexibility index (Phi) is 2.99.